The summed E-state index contributed by atoms with van der Waals surface area (Å²) in [5.41, 5.74) is 0.888. The fourth-order valence-corrected chi connectivity index (χ4v) is 2.67. The van der Waals surface area contributed by atoms with Crippen molar-refractivity contribution in [3.8, 4) is 0 Å². The van der Waals surface area contributed by atoms with E-state index in [9.17, 15) is 5.11 Å². The van der Waals surface area contributed by atoms with Gasteiger partial charge in [0.25, 0.3) is 0 Å². The summed E-state index contributed by atoms with van der Waals surface area (Å²) < 4.78 is 0. The molecule has 1 aromatic rings. The quantitative estimate of drug-likeness (QED) is 0.810. The van der Waals surface area contributed by atoms with Gasteiger partial charge < -0.3 is 10.0 Å². The summed E-state index contributed by atoms with van der Waals surface area (Å²) in [4.78, 5) is 5.88. The van der Waals surface area contributed by atoms with Crippen molar-refractivity contribution in [3.63, 3.8) is 0 Å². The van der Waals surface area contributed by atoms with Gasteiger partial charge in [0, 0.05) is 18.5 Å². The van der Waals surface area contributed by atoms with Gasteiger partial charge in [0.05, 0.1) is 12.6 Å². The van der Waals surface area contributed by atoms with Crippen LogP contribution in [0.2, 0.25) is 5.15 Å². The van der Waals surface area contributed by atoms with Crippen molar-refractivity contribution >= 4 is 28.5 Å². The largest absolute Gasteiger partial charge is 0.394 e. The Morgan fingerprint density at radius 2 is 2.44 bits per heavy atom. The van der Waals surface area contributed by atoms with E-state index < -0.39 is 0 Å². The molecule has 4 nitrogen and oxygen atoms in total. The first-order valence-electron chi connectivity index (χ1n) is 4.92. The second-order valence-electron chi connectivity index (χ2n) is 3.46. The lowest BCUT2D eigenvalue weighted by molar-refractivity contribution is 0.189. The molecule has 0 spiro atoms. The van der Waals surface area contributed by atoms with E-state index in [1.165, 1.54) is 11.8 Å². The van der Waals surface area contributed by atoms with Gasteiger partial charge in [0.15, 0.2) is 5.17 Å². The molecular formula is C10H12ClN3OS. The van der Waals surface area contributed by atoms with E-state index in [2.05, 4.69) is 4.98 Å². The van der Waals surface area contributed by atoms with Crippen molar-refractivity contribution in [2.75, 3.05) is 18.9 Å². The SMILES string of the molecule is N=C1SCCN1C(CO)c1ccc(Cl)nc1. The standard InChI is InChI=1S/C10H12ClN3OS/c11-9-2-1-7(5-13-9)8(6-15)14-3-4-16-10(14)12/h1-2,5,8,12,15H,3-4,6H2. The molecule has 1 aliphatic heterocycles. The predicted molar refractivity (Wildman–Crippen MR) is 66.0 cm³/mol. The molecule has 1 fully saturated rings. The summed E-state index contributed by atoms with van der Waals surface area (Å²) in [6.45, 7) is 0.767. The number of aliphatic hydroxyl groups excluding tert-OH is 1. The number of hydrogen-bond donors (Lipinski definition) is 2. The molecule has 0 bridgehead atoms. The van der Waals surface area contributed by atoms with Crippen LogP contribution in [0.15, 0.2) is 18.3 Å². The van der Waals surface area contributed by atoms with E-state index in [-0.39, 0.29) is 12.6 Å². The third-order valence-electron chi connectivity index (χ3n) is 2.52. The van der Waals surface area contributed by atoms with Crippen LogP contribution < -0.4 is 0 Å². The first-order chi connectivity index (χ1) is 7.72. The maximum atomic E-state index is 9.42. The molecule has 2 N–H and O–H groups in total. The van der Waals surface area contributed by atoms with Gasteiger partial charge in [0.1, 0.15) is 5.15 Å². The summed E-state index contributed by atoms with van der Waals surface area (Å²) in [7, 11) is 0. The molecule has 1 unspecified atom stereocenters. The van der Waals surface area contributed by atoms with E-state index >= 15 is 0 Å². The Labute approximate surface area is 103 Å². The third kappa shape index (κ3) is 2.31. The number of aliphatic hydroxyl groups is 1. The van der Waals surface area contributed by atoms with Crippen LogP contribution in [0, 0.1) is 5.41 Å². The number of amidine groups is 1. The second-order valence-corrected chi connectivity index (χ2v) is 4.93. The van der Waals surface area contributed by atoms with E-state index in [0.29, 0.717) is 10.3 Å². The van der Waals surface area contributed by atoms with Crippen molar-refractivity contribution in [3.05, 3.63) is 29.0 Å². The summed E-state index contributed by atoms with van der Waals surface area (Å²) in [6.07, 6.45) is 1.65. The topological polar surface area (TPSA) is 60.2 Å². The molecule has 86 valence electrons. The van der Waals surface area contributed by atoms with Gasteiger partial charge in [-0.1, -0.05) is 29.4 Å². The van der Waals surface area contributed by atoms with Crippen LogP contribution in [0.3, 0.4) is 0 Å². The summed E-state index contributed by atoms with van der Waals surface area (Å²) >= 11 is 7.21. The number of pyridine rings is 1. The lowest BCUT2D eigenvalue weighted by Crippen LogP contribution is -2.31. The lowest BCUT2D eigenvalue weighted by Gasteiger charge is -2.26. The minimum atomic E-state index is -0.188. The van der Waals surface area contributed by atoms with Crippen LogP contribution in [0.4, 0.5) is 0 Å². The molecule has 1 saturated heterocycles. The minimum Gasteiger partial charge on any atom is -0.394 e. The van der Waals surface area contributed by atoms with Gasteiger partial charge in [0.2, 0.25) is 0 Å². The maximum Gasteiger partial charge on any atom is 0.157 e. The Morgan fingerprint density at radius 1 is 1.62 bits per heavy atom. The molecule has 0 aromatic carbocycles. The number of nitrogens with one attached hydrogen (secondary N) is 1. The molecule has 1 aliphatic rings. The van der Waals surface area contributed by atoms with Gasteiger partial charge in [-0.3, -0.25) is 5.41 Å². The fourth-order valence-electron chi connectivity index (χ4n) is 1.69. The lowest BCUT2D eigenvalue weighted by atomic mass is 10.1. The van der Waals surface area contributed by atoms with E-state index in [4.69, 9.17) is 17.0 Å². The molecule has 0 radical (unpaired) electrons. The highest BCUT2D eigenvalue weighted by molar-refractivity contribution is 8.14. The Morgan fingerprint density at radius 3 is 2.94 bits per heavy atom. The van der Waals surface area contributed by atoms with Crippen LogP contribution in [0.1, 0.15) is 11.6 Å². The van der Waals surface area contributed by atoms with Gasteiger partial charge >= 0.3 is 0 Å². The Bertz CT molecular complexity index is 384. The molecule has 2 heterocycles. The average Bonchev–Trinajstić information content (AvgIpc) is 2.69. The summed E-state index contributed by atoms with van der Waals surface area (Å²) in [5.74, 6) is 0.899. The Kier molecular flexibility index (Phi) is 3.68. The molecule has 0 amide bonds. The highest BCUT2D eigenvalue weighted by atomic mass is 35.5. The average molecular weight is 258 g/mol. The third-order valence-corrected chi connectivity index (χ3v) is 3.63. The number of thioether (sulfide) groups is 1. The first-order valence-corrected chi connectivity index (χ1v) is 6.29. The number of halogens is 1. The van der Waals surface area contributed by atoms with Crippen molar-refractivity contribution < 1.29 is 5.11 Å². The maximum absolute atomic E-state index is 9.42. The fraction of sp³-hybridized carbons (Fsp3) is 0.400. The Hall–Kier alpha value is -0.780. The van der Waals surface area contributed by atoms with Crippen molar-refractivity contribution in [2.24, 2.45) is 0 Å². The predicted octanol–water partition coefficient (Wildman–Crippen LogP) is 1.75. The van der Waals surface area contributed by atoms with Crippen LogP contribution in [-0.4, -0.2) is 39.1 Å². The normalized spacial score (nSPS) is 17.9. The second kappa shape index (κ2) is 5.03. The van der Waals surface area contributed by atoms with Gasteiger partial charge in [-0.2, -0.15) is 0 Å². The molecule has 2 rings (SSSR count). The van der Waals surface area contributed by atoms with Gasteiger partial charge in [-0.15, -0.1) is 0 Å². The van der Waals surface area contributed by atoms with E-state index in [1.807, 2.05) is 11.0 Å². The molecule has 6 heteroatoms. The smallest absolute Gasteiger partial charge is 0.157 e. The molecule has 0 saturated carbocycles. The van der Waals surface area contributed by atoms with Crippen molar-refractivity contribution in [1.82, 2.24) is 9.88 Å². The van der Waals surface area contributed by atoms with E-state index in [0.717, 1.165) is 17.9 Å². The number of nitrogens with zero attached hydrogens (tertiary/aromatic N) is 2. The van der Waals surface area contributed by atoms with Crippen molar-refractivity contribution in [2.45, 2.75) is 6.04 Å². The van der Waals surface area contributed by atoms with Crippen LogP contribution >= 0.6 is 23.4 Å². The summed E-state index contributed by atoms with van der Waals surface area (Å²) in [5, 5.41) is 18.1. The highest BCUT2D eigenvalue weighted by Gasteiger charge is 2.26. The van der Waals surface area contributed by atoms with Crippen LogP contribution in [0.25, 0.3) is 0 Å². The number of rotatable bonds is 3. The zero-order chi connectivity index (χ0) is 11.5. The molecule has 1 atom stereocenters. The monoisotopic (exact) mass is 257 g/mol. The zero-order valence-corrected chi connectivity index (χ0v) is 10.1. The zero-order valence-electron chi connectivity index (χ0n) is 8.56. The number of hydrogen-bond acceptors (Lipinski definition) is 4. The first kappa shape index (κ1) is 11.7. The van der Waals surface area contributed by atoms with E-state index in [1.54, 1.807) is 12.3 Å². The van der Waals surface area contributed by atoms with Crippen LogP contribution in [-0.2, 0) is 0 Å². The molecular weight excluding hydrogens is 246 g/mol. The van der Waals surface area contributed by atoms with Gasteiger partial charge in [-0.25, -0.2) is 4.98 Å². The van der Waals surface area contributed by atoms with Crippen molar-refractivity contribution in [1.29, 1.82) is 5.41 Å². The number of aromatic nitrogens is 1. The highest BCUT2D eigenvalue weighted by Crippen LogP contribution is 2.28. The molecule has 1 aromatic heterocycles. The van der Waals surface area contributed by atoms with Crippen LogP contribution in [0.5, 0.6) is 0 Å². The molecule has 0 aliphatic carbocycles. The Balaban J connectivity index is 2.21. The minimum absolute atomic E-state index is 0.0216. The summed E-state index contributed by atoms with van der Waals surface area (Å²) in [6, 6.07) is 3.35. The molecule has 16 heavy (non-hydrogen) atoms. The van der Waals surface area contributed by atoms with Gasteiger partial charge in [-0.05, 0) is 11.6 Å².